The molecule has 0 fully saturated rings. The van der Waals surface area contributed by atoms with Gasteiger partial charge < -0.3 is 29.1 Å². The van der Waals surface area contributed by atoms with Crippen molar-refractivity contribution in [2.75, 3.05) is 26.4 Å². The number of carbonyl (C=O) groups excluding carboxylic acids is 2. The van der Waals surface area contributed by atoms with E-state index in [1.165, 1.54) is 116 Å². The maximum atomic E-state index is 12.5. The molecule has 9 nitrogen and oxygen atoms in total. The molecule has 0 aliphatic carbocycles. The molecule has 2 atom stereocenters. The van der Waals surface area contributed by atoms with Crippen LogP contribution in [0.15, 0.2) is 12.2 Å². The molecule has 0 spiro atoms. The number of allylic oxidation sites excluding steroid dienone is 2. The van der Waals surface area contributed by atoms with Crippen LogP contribution in [0.25, 0.3) is 0 Å². The van der Waals surface area contributed by atoms with Gasteiger partial charge in [0, 0.05) is 19.4 Å². The van der Waals surface area contributed by atoms with E-state index in [9.17, 15) is 19.0 Å². The molecule has 0 bridgehead atoms. The molecule has 49 heavy (non-hydrogen) atoms. The smallest absolute Gasteiger partial charge is 0.306 e. The van der Waals surface area contributed by atoms with Crippen molar-refractivity contribution in [2.24, 2.45) is 5.73 Å². The summed E-state index contributed by atoms with van der Waals surface area (Å²) in [4.78, 5) is 36.8. The highest BCUT2D eigenvalue weighted by atomic mass is 31.2. The molecule has 0 aliphatic heterocycles. The number of ether oxygens (including phenoxy) is 2. The predicted molar refractivity (Wildman–Crippen MR) is 199 cm³/mol. The van der Waals surface area contributed by atoms with Crippen LogP contribution < -0.4 is 10.6 Å². The van der Waals surface area contributed by atoms with E-state index in [2.05, 4.69) is 30.5 Å². The lowest BCUT2D eigenvalue weighted by molar-refractivity contribution is -0.228. The number of esters is 2. The van der Waals surface area contributed by atoms with Crippen LogP contribution in [0.1, 0.15) is 194 Å². The van der Waals surface area contributed by atoms with Gasteiger partial charge in [-0.15, -0.1) is 0 Å². The lowest BCUT2D eigenvalue weighted by Gasteiger charge is -2.25. The monoisotopic (exact) mass is 717 g/mol. The van der Waals surface area contributed by atoms with Crippen molar-refractivity contribution in [1.29, 1.82) is 0 Å². The molecule has 0 radical (unpaired) electrons. The molecule has 2 N–H and O–H groups in total. The molecule has 0 aromatic carbocycles. The molecule has 0 aromatic rings. The van der Waals surface area contributed by atoms with Crippen molar-refractivity contribution < 1.29 is 37.6 Å². The molecule has 0 aromatic heterocycles. The van der Waals surface area contributed by atoms with Crippen molar-refractivity contribution in [3.63, 3.8) is 0 Å². The Morgan fingerprint density at radius 1 is 0.592 bits per heavy atom. The van der Waals surface area contributed by atoms with Gasteiger partial charge >= 0.3 is 11.9 Å². The summed E-state index contributed by atoms with van der Waals surface area (Å²) in [6, 6.07) is 0. The zero-order valence-electron chi connectivity index (χ0n) is 31.7. The van der Waals surface area contributed by atoms with Gasteiger partial charge in [-0.1, -0.05) is 154 Å². The molecule has 10 heteroatoms. The fourth-order valence-electron chi connectivity index (χ4n) is 5.62. The standard InChI is InChI=1S/C39H76NO8P/c1-3-5-7-9-11-13-15-17-18-20-22-24-26-28-30-32-39(42)48-37(36-47-49(43,44)46-34-33-40)35-45-38(41)31-29-27-25-23-21-19-16-14-12-10-8-6-4-2/h13,15,37H,3-12,14,16-36,40H2,1-2H3,(H,43,44)/p-1/b15-13-/t37-/m1/s1. The Morgan fingerprint density at radius 3 is 1.47 bits per heavy atom. The summed E-state index contributed by atoms with van der Waals surface area (Å²) in [6.45, 7) is 3.53. The number of phosphoric ester groups is 1. The van der Waals surface area contributed by atoms with Crippen LogP contribution in [0.3, 0.4) is 0 Å². The van der Waals surface area contributed by atoms with Gasteiger partial charge in [-0.3, -0.25) is 14.2 Å². The fourth-order valence-corrected chi connectivity index (χ4v) is 6.37. The number of phosphoric acid groups is 1. The first-order valence-electron chi connectivity index (χ1n) is 20.1. The second kappa shape index (κ2) is 36.5. The molecule has 290 valence electrons. The summed E-state index contributed by atoms with van der Waals surface area (Å²) >= 11 is 0. The summed E-state index contributed by atoms with van der Waals surface area (Å²) in [5.41, 5.74) is 5.31. The Balaban J connectivity index is 4.18. The maximum Gasteiger partial charge on any atom is 0.306 e. The van der Waals surface area contributed by atoms with Crippen LogP contribution in [-0.4, -0.2) is 44.4 Å². The third-order valence-corrected chi connectivity index (χ3v) is 9.61. The van der Waals surface area contributed by atoms with E-state index in [1.54, 1.807) is 0 Å². The fraction of sp³-hybridized carbons (Fsp3) is 0.897. The second-order valence-electron chi connectivity index (χ2n) is 13.5. The van der Waals surface area contributed by atoms with Gasteiger partial charge in [0.15, 0.2) is 6.10 Å². The van der Waals surface area contributed by atoms with Gasteiger partial charge in [0.1, 0.15) is 6.61 Å². The summed E-state index contributed by atoms with van der Waals surface area (Å²) < 4.78 is 32.3. The van der Waals surface area contributed by atoms with Crippen LogP contribution in [0.5, 0.6) is 0 Å². The maximum absolute atomic E-state index is 12.5. The van der Waals surface area contributed by atoms with Gasteiger partial charge in [0.25, 0.3) is 7.82 Å². The predicted octanol–water partition coefficient (Wildman–Crippen LogP) is 10.4. The first kappa shape index (κ1) is 47.8. The SMILES string of the molecule is CCCCCC/C=C\CCCCCCCCCC(=O)O[C@H](COC(=O)CCCCCCCCCCCCCCC)COP(=O)([O-])OCCN. The Hall–Kier alpha value is -1.25. The highest BCUT2D eigenvalue weighted by Gasteiger charge is 2.21. The molecular formula is C39H75NO8P-. The lowest BCUT2D eigenvalue weighted by atomic mass is 10.0. The number of carbonyl (C=O) groups is 2. The van der Waals surface area contributed by atoms with Crippen LogP contribution in [0, 0.1) is 0 Å². The van der Waals surface area contributed by atoms with Crippen molar-refractivity contribution >= 4 is 19.8 Å². The molecule has 0 aliphatic rings. The third-order valence-electron chi connectivity index (χ3n) is 8.64. The Morgan fingerprint density at radius 2 is 1.00 bits per heavy atom. The quantitative estimate of drug-likeness (QED) is 0.0286. The van der Waals surface area contributed by atoms with E-state index in [0.717, 1.165) is 44.9 Å². The molecule has 0 saturated carbocycles. The lowest BCUT2D eigenvalue weighted by Crippen LogP contribution is -2.30. The molecule has 0 heterocycles. The molecule has 1 unspecified atom stereocenters. The van der Waals surface area contributed by atoms with Crippen LogP contribution in [0.4, 0.5) is 0 Å². The number of nitrogens with two attached hydrogens (primary N) is 1. The summed E-state index contributed by atoms with van der Waals surface area (Å²) in [7, 11) is -4.62. The molecular weight excluding hydrogens is 641 g/mol. The Bertz CT molecular complexity index is 825. The zero-order chi connectivity index (χ0) is 36.1. The molecule has 0 saturated heterocycles. The summed E-state index contributed by atoms with van der Waals surface area (Å²) in [5, 5.41) is 0. The zero-order valence-corrected chi connectivity index (χ0v) is 32.5. The minimum Gasteiger partial charge on any atom is -0.756 e. The van der Waals surface area contributed by atoms with Crippen molar-refractivity contribution in [2.45, 2.75) is 200 Å². The first-order chi connectivity index (χ1) is 23.8. The highest BCUT2D eigenvalue weighted by molar-refractivity contribution is 7.45. The van der Waals surface area contributed by atoms with Crippen LogP contribution in [0.2, 0.25) is 0 Å². The molecule has 0 rings (SSSR count). The average molecular weight is 717 g/mol. The van der Waals surface area contributed by atoms with Crippen molar-refractivity contribution in [1.82, 2.24) is 0 Å². The topological polar surface area (TPSA) is 137 Å². The minimum atomic E-state index is -4.62. The minimum absolute atomic E-state index is 0.0153. The normalized spacial score (nSPS) is 13.5. The van der Waals surface area contributed by atoms with E-state index >= 15 is 0 Å². The average Bonchev–Trinajstić information content (AvgIpc) is 3.08. The Kier molecular flexibility index (Phi) is 35.6. The van der Waals surface area contributed by atoms with E-state index < -0.39 is 32.5 Å². The summed E-state index contributed by atoms with van der Waals surface area (Å²) in [5.74, 6) is -0.863. The van der Waals surface area contributed by atoms with Gasteiger partial charge in [-0.2, -0.15) is 0 Å². The Labute approximate surface area is 300 Å². The second-order valence-corrected chi connectivity index (χ2v) is 14.9. The van der Waals surface area contributed by atoms with Crippen molar-refractivity contribution in [3.05, 3.63) is 12.2 Å². The highest BCUT2D eigenvalue weighted by Crippen LogP contribution is 2.38. The van der Waals surface area contributed by atoms with Crippen LogP contribution in [-0.2, 0) is 32.7 Å². The van der Waals surface area contributed by atoms with Gasteiger partial charge in [-0.25, -0.2) is 0 Å². The largest absolute Gasteiger partial charge is 0.756 e. The third kappa shape index (κ3) is 36.3. The van der Waals surface area contributed by atoms with E-state index in [1.807, 2.05) is 0 Å². The number of hydrogen-bond acceptors (Lipinski definition) is 9. The molecule has 0 amide bonds. The van der Waals surface area contributed by atoms with E-state index in [0.29, 0.717) is 6.42 Å². The number of rotatable bonds is 38. The number of hydrogen-bond donors (Lipinski definition) is 1. The van der Waals surface area contributed by atoms with Gasteiger partial charge in [-0.05, 0) is 38.5 Å². The van der Waals surface area contributed by atoms with Gasteiger partial charge in [0.05, 0.1) is 13.2 Å². The summed E-state index contributed by atoms with van der Waals surface area (Å²) in [6.07, 6.45) is 35.0. The first-order valence-corrected chi connectivity index (χ1v) is 21.6. The number of unbranched alkanes of at least 4 members (excludes halogenated alkanes) is 23. The van der Waals surface area contributed by atoms with Crippen LogP contribution >= 0.6 is 7.82 Å². The van der Waals surface area contributed by atoms with Crippen molar-refractivity contribution in [3.8, 4) is 0 Å². The van der Waals surface area contributed by atoms with Gasteiger partial charge in [0.2, 0.25) is 0 Å². The van der Waals surface area contributed by atoms with E-state index in [4.69, 9.17) is 19.7 Å². The van der Waals surface area contributed by atoms with E-state index in [-0.39, 0.29) is 32.6 Å².